The van der Waals surface area contributed by atoms with Crippen LogP contribution in [0.25, 0.3) is 0 Å². The zero-order valence-electron chi connectivity index (χ0n) is 37.9. The predicted molar refractivity (Wildman–Crippen MR) is 235 cm³/mol. The van der Waals surface area contributed by atoms with E-state index in [9.17, 15) is 43.5 Å². The first-order chi connectivity index (χ1) is 30.4. The number of unbranched alkanes of at least 4 members (excludes halogenated alkanes) is 13. The Hall–Kier alpha value is -4.20. The normalized spacial score (nSPS) is 11.4. The maximum absolute atomic E-state index is 12.1. The van der Waals surface area contributed by atoms with Gasteiger partial charge in [0.15, 0.2) is 0 Å². The lowest BCUT2D eigenvalue weighted by atomic mass is 10.0. The summed E-state index contributed by atoms with van der Waals surface area (Å²) in [6.07, 6.45) is 18.2. The number of carbonyl (C=O) groups excluding carboxylic acids is 6. The van der Waals surface area contributed by atoms with Crippen molar-refractivity contribution >= 4 is 47.3 Å². The number of carboxylic acid groups (broad SMARTS) is 2. The van der Waals surface area contributed by atoms with Crippen molar-refractivity contribution in [3.63, 3.8) is 0 Å². The lowest BCUT2D eigenvalue weighted by molar-refractivity contribution is -0.143. The van der Waals surface area contributed by atoms with Crippen LogP contribution in [-0.4, -0.2) is 143 Å². The van der Waals surface area contributed by atoms with Crippen LogP contribution in [0.3, 0.4) is 0 Å². The van der Waals surface area contributed by atoms with Gasteiger partial charge in [-0.05, 0) is 39.0 Å². The summed E-state index contributed by atoms with van der Waals surface area (Å²) in [6.45, 7) is 3.33. The standard InChI is InChI=1S/C44H79N5O14/c1-36(50)18-16-24-46-40(53)23-22-37(44(58)59)49-42(55)35-63-33-31-61-29-27-48-41(54)34-62-32-30-60-28-26-47-39(52)20-17-25-45-38(51)19-14-12-10-8-6-4-2-3-5-7-9-11-13-15-21-43(56)57/h37H,2-35H2,1H3,(H,45,51)(H,46,53)(H,47,52)(H,48,54)(H,49,55)(H,56,57)(H,58,59). The smallest absolute Gasteiger partial charge is 0.326 e. The molecule has 0 bridgehead atoms. The molecule has 0 heterocycles. The van der Waals surface area contributed by atoms with Crippen LogP contribution in [0.4, 0.5) is 0 Å². The molecule has 0 radical (unpaired) electrons. The molecule has 5 amide bonds. The fraction of sp³-hybridized carbons (Fsp3) is 0.818. The van der Waals surface area contributed by atoms with E-state index in [0.717, 1.165) is 38.5 Å². The fourth-order valence-corrected chi connectivity index (χ4v) is 6.10. The van der Waals surface area contributed by atoms with E-state index in [0.29, 0.717) is 51.7 Å². The molecule has 63 heavy (non-hydrogen) atoms. The van der Waals surface area contributed by atoms with Crippen molar-refractivity contribution in [1.82, 2.24) is 26.6 Å². The van der Waals surface area contributed by atoms with Gasteiger partial charge < -0.3 is 60.5 Å². The second-order valence-electron chi connectivity index (χ2n) is 15.5. The van der Waals surface area contributed by atoms with Crippen molar-refractivity contribution in [1.29, 1.82) is 0 Å². The molecule has 0 saturated carbocycles. The van der Waals surface area contributed by atoms with Crippen molar-refractivity contribution in [3.8, 4) is 0 Å². The molecule has 364 valence electrons. The molecule has 0 aliphatic rings. The van der Waals surface area contributed by atoms with E-state index in [2.05, 4.69) is 26.6 Å². The summed E-state index contributed by atoms with van der Waals surface area (Å²) >= 11 is 0. The Kier molecular flexibility index (Phi) is 40.2. The van der Waals surface area contributed by atoms with Crippen molar-refractivity contribution in [2.45, 2.75) is 154 Å². The van der Waals surface area contributed by atoms with E-state index < -0.39 is 30.5 Å². The van der Waals surface area contributed by atoms with Gasteiger partial charge in [-0.1, -0.05) is 77.0 Å². The van der Waals surface area contributed by atoms with E-state index >= 15 is 0 Å². The SMILES string of the molecule is CC(=O)CCCNC(=O)CCC(NC(=O)COCCOCCNC(=O)COCCOCCNC(=O)CCCNC(=O)CCCCCCCCCCCCCCCCC(=O)O)C(=O)O. The molecule has 0 aromatic carbocycles. The van der Waals surface area contributed by atoms with Crippen molar-refractivity contribution in [2.75, 3.05) is 79.0 Å². The van der Waals surface area contributed by atoms with Gasteiger partial charge in [0.05, 0.1) is 39.6 Å². The van der Waals surface area contributed by atoms with Gasteiger partial charge in [-0.2, -0.15) is 0 Å². The number of aliphatic carboxylic acids is 2. The molecule has 0 aromatic rings. The lowest BCUT2D eigenvalue weighted by Gasteiger charge is -2.14. The largest absolute Gasteiger partial charge is 0.481 e. The molecule has 0 aliphatic heterocycles. The van der Waals surface area contributed by atoms with Gasteiger partial charge in [-0.25, -0.2) is 4.79 Å². The molecular weight excluding hydrogens is 823 g/mol. The molecule has 0 aromatic heterocycles. The number of rotatable bonds is 46. The van der Waals surface area contributed by atoms with Crippen LogP contribution in [0.15, 0.2) is 0 Å². The number of Topliss-reactive ketones (excluding diaryl/α,β-unsaturated/α-hetero) is 1. The zero-order valence-corrected chi connectivity index (χ0v) is 37.9. The number of carbonyl (C=O) groups is 8. The first-order valence-electron chi connectivity index (χ1n) is 23.0. The molecule has 1 atom stereocenters. The minimum absolute atomic E-state index is 0.0158. The maximum atomic E-state index is 12.1. The van der Waals surface area contributed by atoms with Gasteiger partial charge in [-0.3, -0.25) is 28.8 Å². The third-order valence-electron chi connectivity index (χ3n) is 9.62. The highest BCUT2D eigenvalue weighted by Gasteiger charge is 2.21. The molecule has 19 nitrogen and oxygen atoms in total. The number of hydrogen-bond donors (Lipinski definition) is 7. The third-order valence-corrected chi connectivity index (χ3v) is 9.62. The third kappa shape index (κ3) is 44.2. The molecule has 0 rings (SSSR count). The fourth-order valence-electron chi connectivity index (χ4n) is 6.10. The highest BCUT2D eigenvalue weighted by atomic mass is 16.5. The summed E-state index contributed by atoms with van der Waals surface area (Å²) in [5.74, 6) is -3.43. The van der Waals surface area contributed by atoms with E-state index in [-0.39, 0.29) is 101 Å². The molecule has 0 fully saturated rings. The zero-order chi connectivity index (χ0) is 46.6. The van der Waals surface area contributed by atoms with Crippen molar-refractivity contribution in [2.24, 2.45) is 0 Å². The molecule has 0 aliphatic carbocycles. The quantitative estimate of drug-likeness (QED) is 0.0432. The highest BCUT2D eigenvalue weighted by Crippen LogP contribution is 2.14. The summed E-state index contributed by atoms with van der Waals surface area (Å²) in [4.78, 5) is 92.9. The number of carboxylic acids is 2. The van der Waals surface area contributed by atoms with Crippen LogP contribution in [-0.2, 0) is 57.3 Å². The lowest BCUT2D eigenvalue weighted by Crippen LogP contribution is -2.43. The molecule has 0 saturated heterocycles. The minimum Gasteiger partial charge on any atom is -0.481 e. The summed E-state index contributed by atoms with van der Waals surface area (Å²) in [7, 11) is 0. The molecule has 0 spiro atoms. The Labute approximate surface area is 374 Å². The average Bonchev–Trinajstić information content (AvgIpc) is 3.23. The van der Waals surface area contributed by atoms with Crippen LogP contribution < -0.4 is 26.6 Å². The van der Waals surface area contributed by atoms with Crippen LogP contribution >= 0.6 is 0 Å². The number of nitrogens with one attached hydrogen (secondary N) is 5. The van der Waals surface area contributed by atoms with Gasteiger partial charge in [0.1, 0.15) is 25.0 Å². The molecule has 19 heteroatoms. The number of ether oxygens (including phenoxy) is 4. The van der Waals surface area contributed by atoms with Gasteiger partial charge >= 0.3 is 11.9 Å². The van der Waals surface area contributed by atoms with Gasteiger partial charge in [0.25, 0.3) is 0 Å². The highest BCUT2D eigenvalue weighted by molar-refractivity contribution is 5.85. The predicted octanol–water partition coefficient (Wildman–Crippen LogP) is 3.34. The summed E-state index contributed by atoms with van der Waals surface area (Å²) in [5.41, 5.74) is 0. The maximum Gasteiger partial charge on any atom is 0.326 e. The van der Waals surface area contributed by atoms with Gasteiger partial charge in [0, 0.05) is 58.3 Å². The Morgan fingerprint density at radius 2 is 0.778 bits per heavy atom. The Morgan fingerprint density at radius 1 is 0.397 bits per heavy atom. The molecule has 7 N–H and O–H groups in total. The molecular formula is C44H79N5O14. The van der Waals surface area contributed by atoms with Crippen LogP contribution in [0.2, 0.25) is 0 Å². The number of hydrogen-bond acceptors (Lipinski definition) is 12. The van der Waals surface area contributed by atoms with Crippen LogP contribution in [0, 0.1) is 0 Å². The minimum atomic E-state index is -1.28. The van der Waals surface area contributed by atoms with Crippen LogP contribution in [0.5, 0.6) is 0 Å². The first kappa shape index (κ1) is 58.8. The topological polar surface area (TPSA) is 274 Å². The second kappa shape index (κ2) is 43.1. The average molecular weight is 902 g/mol. The number of ketones is 1. The van der Waals surface area contributed by atoms with E-state index in [1.54, 1.807) is 0 Å². The Balaban J connectivity index is 3.55. The first-order valence-corrected chi connectivity index (χ1v) is 23.0. The Morgan fingerprint density at radius 3 is 1.25 bits per heavy atom. The van der Waals surface area contributed by atoms with Gasteiger partial charge in [0.2, 0.25) is 29.5 Å². The van der Waals surface area contributed by atoms with E-state index in [4.69, 9.17) is 24.1 Å². The summed E-state index contributed by atoms with van der Waals surface area (Å²) < 4.78 is 21.2. The second-order valence-corrected chi connectivity index (χ2v) is 15.5. The summed E-state index contributed by atoms with van der Waals surface area (Å²) in [5, 5.41) is 31.2. The van der Waals surface area contributed by atoms with Gasteiger partial charge in [-0.15, -0.1) is 0 Å². The number of amides is 5. The summed E-state index contributed by atoms with van der Waals surface area (Å²) in [6, 6.07) is -1.26. The molecule has 1 unspecified atom stereocenters. The van der Waals surface area contributed by atoms with Crippen LogP contribution in [0.1, 0.15) is 148 Å². The van der Waals surface area contributed by atoms with Crippen molar-refractivity contribution in [3.05, 3.63) is 0 Å². The Bertz CT molecular complexity index is 1270. The van der Waals surface area contributed by atoms with Crippen molar-refractivity contribution < 1.29 is 67.5 Å². The van der Waals surface area contributed by atoms with E-state index in [1.165, 1.54) is 58.3 Å². The monoisotopic (exact) mass is 902 g/mol. The van der Waals surface area contributed by atoms with E-state index in [1.807, 2.05) is 0 Å².